The third-order valence-electron chi connectivity index (χ3n) is 5.89. The average molecular weight is 319 g/mol. The molecule has 24 heavy (non-hydrogen) atoms. The summed E-state index contributed by atoms with van der Waals surface area (Å²) in [6.45, 7) is 1.74. The molecule has 2 aromatic rings. The maximum Gasteiger partial charge on any atom is 0.220 e. The third-order valence-corrected chi connectivity index (χ3v) is 5.89. The van der Waals surface area contributed by atoms with E-state index in [4.69, 9.17) is 0 Å². The Labute approximate surface area is 144 Å². The Bertz CT molecular complexity index is 643. The smallest absolute Gasteiger partial charge is 0.220 e. The summed E-state index contributed by atoms with van der Waals surface area (Å²) in [4.78, 5) is 14.9. The van der Waals surface area contributed by atoms with Crippen LogP contribution in [0.3, 0.4) is 0 Å². The fourth-order valence-corrected chi connectivity index (χ4v) is 5.03. The Hall–Kier alpha value is -2.09. The van der Waals surface area contributed by atoms with E-state index in [9.17, 15) is 4.79 Å². The van der Waals surface area contributed by atoms with E-state index < -0.39 is 0 Å². The zero-order valence-corrected chi connectivity index (χ0v) is 14.3. The molecule has 124 valence electrons. The lowest BCUT2D eigenvalue weighted by Gasteiger charge is -2.53. The minimum absolute atomic E-state index is 0.203. The van der Waals surface area contributed by atoms with Gasteiger partial charge in [-0.1, -0.05) is 67.1 Å². The van der Waals surface area contributed by atoms with Gasteiger partial charge >= 0.3 is 0 Å². The van der Waals surface area contributed by atoms with Gasteiger partial charge in [0.05, 0.1) is 12.1 Å². The van der Waals surface area contributed by atoms with E-state index in [1.54, 1.807) is 6.92 Å². The fraction of sp³-hybridized carbons (Fsp3) is 0.409. The summed E-state index contributed by atoms with van der Waals surface area (Å²) < 4.78 is 0. The maximum atomic E-state index is 12.7. The molecule has 2 fully saturated rings. The summed E-state index contributed by atoms with van der Waals surface area (Å²) in [5.41, 5.74) is 2.58. The number of nitrogens with zero attached hydrogens (tertiary/aromatic N) is 1. The number of carbonyl (C=O) groups is 1. The molecule has 2 nitrogen and oxygen atoms in total. The summed E-state index contributed by atoms with van der Waals surface area (Å²) in [5.74, 6) is 1.39. The van der Waals surface area contributed by atoms with Gasteiger partial charge in [0, 0.05) is 6.92 Å². The van der Waals surface area contributed by atoms with E-state index in [2.05, 4.69) is 65.6 Å². The highest BCUT2D eigenvalue weighted by atomic mass is 16.2. The third kappa shape index (κ3) is 2.64. The van der Waals surface area contributed by atoms with Gasteiger partial charge in [0.1, 0.15) is 0 Å². The van der Waals surface area contributed by atoms with Crippen molar-refractivity contribution in [2.24, 2.45) is 11.8 Å². The zero-order chi connectivity index (χ0) is 16.5. The molecule has 0 spiro atoms. The lowest BCUT2D eigenvalue weighted by atomic mass is 9.67. The molecule has 4 atom stereocenters. The van der Waals surface area contributed by atoms with E-state index >= 15 is 0 Å². The quantitative estimate of drug-likeness (QED) is 0.750. The van der Waals surface area contributed by atoms with Crippen molar-refractivity contribution in [1.82, 2.24) is 4.90 Å². The van der Waals surface area contributed by atoms with Gasteiger partial charge in [-0.25, -0.2) is 0 Å². The fourth-order valence-electron chi connectivity index (χ4n) is 5.03. The van der Waals surface area contributed by atoms with Crippen molar-refractivity contribution in [3.8, 4) is 0 Å². The van der Waals surface area contributed by atoms with Crippen molar-refractivity contribution in [3.63, 3.8) is 0 Å². The minimum atomic E-state index is 0.203. The molecule has 1 saturated heterocycles. The molecule has 1 aliphatic carbocycles. The largest absolute Gasteiger partial charge is 0.328 e. The highest BCUT2D eigenvalue weighted by Crippen LogP contribution is 2.53. The van der Waals surface area contributed by atoms with Crippen LogP contribution in [-0.4, -0.2) is 10.8 Å². The number of hydrogen-bond acceptors (Lipinski definition) is 1. The van der Waals surface area contributed by atoms with Gasteiger partial charge in [0.15, 0.2) is 0 Å². The van der Waals surface area contributed by atoms with Crippen LogP contribution in [0.5, 0.6) is 0 Å². The van der Waals surface area contributed by atoms with Gasteiger partial charge in [-0.2, -0.15) is 0 Å². The second-order valence-electron chi connectivity index (χ2n) is 7.32. The van der Waals surface area contributed by atoms with Crippen LogP contribution in [0.1, 0.15) is 55.8 Å². The first-order valence-electron chi connectivity index (χ1n) is 9.14. The molecule has 1 heterocycles. The normalized spacial score (nSPS) is 29.3. The van der Waals surface area contributed by atoms with Gasteiger partial charge in [-0.05, 0) is 42.2 Å². The van der Waals surface area contributed by atoms with Gasteiger partial charge in [-0.15, -0.1) is 0 Å². The number of amides is 1. The Morgan fingerprint density at radius 2 is 1.29 bits per heavy atom. The number of carbonyl (C=O) groups excluding carboxylic acids is 1. The van der Waals surface area contributed by atoms with Gasteiger partial charge in [-0.3, -0.25) is 4.79 Å². The Balaban J connectivity index is 1.81. The van der Waals surface area contributed by atoms with Crippen LogP contribution in [0.4, 0.5) is 0 Å². The van der Waals surface area contributed by atoms with Crippen molar-refractivity contribution >= 4 is 5.91 Å². The molecular weight excluding hydrogens is 294 g/mol. The van der Waals surface area contributed by atoms with Crippen molar-refractivity contribution in [1.29, 1.82) is 0 Å². The van der Waals surface area contributed by atoms with Crippen LogP contribution in [-0.2, 0) is 4.79 Å². The molecule has 1 amide bonds. The predicted octanol–water partition coefficient (Wildman–Crippen LogP) is 5.14. The molecule has 0 N–H and O–H groups in total. The second-order valence-corrected chi connectivity index (χ2v) is 7.32. The number of rotatable bonds is 2. The summed E-state index contributed by atoms with van der Waals surface area (Å²) >= 11 is 0. The standard InChI is InChI=1S/C22H25NO/c1-16(24)23-21(17-9-4-2-5-10-17)19-13-8-14-20(15-19)22(23)18-11-6-3-7-12-18/h2-7,9-12,19-22H,8,13-15H2,1H3. The van der Waals surface area contributed by atoms with E-state index in [1.807, 2.05) is 0 Å². The molecule has 1 saturated carbocycles. The summed E-state index contributed by atoms with van der Waals surface area (Å²) in [6, 6.07) is 21.7. The first kappa shape index (κ1) is 15.4. The summed E-state index contributed by atoms with van der Waals surface area (Å²) in [6.07, 6.45) is 5.00. The molecule has 0 aromatic heterocycles. The van der Waals surface area contributed by atoms with Crippen molar-refractivity contribution in [3.05, 3.63) is 71.8 Å². The highest BCUT2D eigenvalue weighted by Gasteiger charge is 2.46. The van der Waals surface area contributed by atoms with Crippen LogP contribution in [0.2, 0.25) is 0 Å². The van der Waals surface area contributed by atoms with E-state index in [0.717, 1.165) is 0 Å². The Morgan fingerprint density at radius 1 is 0.833 bits per heavy atom. The van der Waals surface area contributed by atoms with E-state index in [-0.39, 0.29) is 18.0 Å². The second kappa shape index (κ2) is 6.43. The highest BCUT2D eigenvalue weighted by molar-refractivity contribution is 5.75. The van der Waals surface area contributed by atoms with Crippen molar-refractivity contribution < 1.29 is 4.79 Å². The van der Waals surface area contributed by atoms with Crippen LogP contribution >= 0.6 is 0 Å². The first-order chi connectivity index (χ1) is 11.8. The molecule has 4 rings (SSSR count). The predicted molar refractivity (Wildman–Crippen MR) is 96.3 cm³/mol. The van der Waals surface area contributed by atoms with Gasteiger partial charge in [0.2, 0.25) is 5.91 Å². The zero-order valence-electron chi connectivity index (χ0n) is 14.3. The number of hydrogen-bond donors (Lipinski definition) is 0. The monoisotopic (exact) mass is 319 g/mol. The number of piperidine rings is 1. The van der Waals surface area contributed by atoms with E-state index in [1.165, 1.54) is 36.8 Å². The molecular formula is C22H25NO. The number of likely N-dealkylation sites (tertiary alicyclic amines) is 1. The molecule has 0 radical (unpaired) electrons. The van der Waals surface area contributed by atoms with Gasteiger partial charge < -0.3 is 4.90 Å². The average Bonchev–Trinajstić information content (AvgIpc) is 2.63. The topological polar surface area (TPSA) is 20.3 Å². The van der Waals surface area contributed by atoms with Crippen LogP contribution in [0, 0.1) is 11.8 Å². The van der Waals surface area contributed by atoms with Crippen molar-refractivity contribution in [2.75, 3.05) is 0 Å². The lowest BCUT2D eigenvalue weighted by molar-refractivity contribution is -0.144. The first-order valence-corrected chi connectivity index (χ1v) is 9.14. The van der Waals surface area contributed by atoms with Crippen LogP contribution < -0.4 is 0 Å². The molecule has 2 heteroatoms. The van der Waals surface area contributed by atoms with Gasteiger partial charge in [0.25, 0.3) is 0 Å². The van der Waals surface area contributed by atoms with Crippen molar-refractivity contribution in [2.45, 2.75) is 44.7 Å². The SMILES string of the molecule is CC(=O)N1C(c2ccccc2)C2CCCC(C2)C1c1ccccc1. The minimum Gasteiger partial charge on any atom is -0.328 e. The Kier molecular flexibility index (Phi) is 4.13. The number of fused-ring (bicyclic) bond motifs is 2. The number of benzene rings is 2. The Morgan fingerprint density at radius 3 is 1.71 bits per heavy atom. The van der Waals surface area contributed by atoms with Crippen LogP contribution in [0.15, 0.2) is 60.7 Å². The summed E-state index contributed by atoms with van der Waals surface area (Å²) in [7, 11) is 0. The molecule has 2 bridgehead atoms. The molecule has 4 unspecified atom stereocenters. The summed E-state index contributed by atoms with van der Waals surface area (Å²) in [5, 5.41) is 0. The lowest BCUT2D eigenvalue weighted by Crippen LogP contribution is -2.49. The van der Waals surface area contributed by atoms with Crippen LogP contribution in [0.25, 0.3) is 0 Å². The molecule has 1 aliphatic heterocycles. The molecule has 2 aromatic carbocycles. The maximum absolute atomic E-state index is 12.7. The van der Waals surface area contributed by atoms with E-state index in [0.29, 0.717) is 11.8 Å². The molecule has 2 aliphatic rings.